The van der Waals surface area contributed by atoms with E-state index in [9.17, 15) is 4.79 Å². The molecule has 2 N–H and O–H groups in total. The Morgan fingerprint density at radius 2 is 1.92 bits per heavy atom. The fraction of sp³-hybridized carbons (Fsp3) is 0.276. The zero-order chi connectivity index (χ0) is 25.4. The van der Waals surface area contributed by atoms with Crippen LogP contribution in [0.3, 0.4) is 0 Å². The predicted molar refractivity (Wildman–Crippen MR) is 144 cm³/mol. The number of morpholine rings is 1. The Morgan fingerprint density at radius 3 is 2.76 bits per heavy atom. The van der Waals surface area contributed by atoms with Gasteiger partial charge < -0.3 is 24.7 Å². The topological polar surface area (TPSA) is 92.4 Å². The van der Waals surface area contributed by atoms with E-state index in [1.165, 1.54) is 0 Å². The van der Waals surface area contributed by atoms with Crippen LogP contribution in [0.1, 0.15) is 35.5 Å². The van der Waals surface area contributed by atoms with Gasteiger partial charge in [0.1, 0.15) is 11.4 Å². The first-order valence-corrected chi connectivity index (χ1v) is 12.6. The first-order valence-electron chi connectivity index (χ1n) is 12.6. The first-order chi connectivity index (χ1) is 18.0. The molecular weight excluding hydrogens is 466 g/mol. The Bertz CT molecular complexity index is 1510. The fourth-order valence-electron chi connectivity index (χ4n) is 4.94. The third kappa shape index (κ3) is 4.80. The van der Waals surface area contributed by atoms with Gasteiger partial charge in [-0.05, 0) is 56.3 Å². The van der Waals surface area contributed by atoms with Crippen molar-refractivity contribution in [3.05, 3.63) is 93.7 Å². The molecule has 0 radical (unpaired) electrons. The number of aromatic amines is 1. The van der Waals surface area contributed by atoms with E-state index in [1.807, 2.05) is 49.4 Å². The largest absolute Gasteiger partial charge is 0.454 e. The van der Waals surface area contributed by atoms with Crippen molar-refractivity contribution >= 4 is 11.4 Å². The number of nitrogens with one attached hydrogen (secondary N) is 2. The molecule has 4 aromatic rings. The summed E-state index contributed by atoms with van der Waals surface area (Å²) in [5, 5.41) is 3.56. The van der Waals surface area contributed by atoms with Gasteiger partial charge in [-0.15, -0.1) is 0 Å². The van der Waals surface area contributed by atoms with Crippen LogP contribution in [0.15, 0.2) is 65.6 Å². The molecule has 1 fully saturated rings. The van der Waals surface area contributed by atoms with Crippen molar-refractivity contribution < 1.29 is 9.47 Å². The summed E-state index contributed by atoms with van der Waals surface area (Å²) in [4.78, 5) is 26.9. The predicted octanol–water partition coefficient (Wildman–Crippen LogP) is 4.85. The molecule has 5 heterocycles. The second kappa shape index (κ2) is 9.71. The Balaban J connectivity index is 1.27. The van der Waals surface area contributed by atoms with Crippen LogP contribution in [-0.4, -0.2) is 41.3 Å². The van der Waals surface area contributed by atoms with E-state index in [0.29, 0.717) is 36.8 Å². The number of benzene rings is 1. The smallest absolute Gasteiger partial charge is 0.250 e. The number of H-pyrrole nitrogens is 1. The molecule has 188 valence electrons. The number of ether oxygens (including phenoxy) is 2. The molecule has 1 aromatic carbocycles. The number of nitrogens with zero attached hydrogens (tertiary/aromatic N) is 3. The fourth-order valence-corrected chi connectivity index (χ4v) is 4.94. The highest BCUT2D eigenvalue weighted by atomic mass is 16.5. The van der Waals surface area contributed by atoms with Crippen LogP contribution in [0.5, 0.6) is 11.5 Å². The zero-order valence-corrected chi connectivity index (χ0v) is 21.0. The lowest BCUT2D eigenvalue weighted by Gasteiger charge is -2.29. The van der Waals surface area contributed by atoms with Gasteiger partial charge in [0.2, 0.25) is 0 Å². The number of anilines is 2. The standard InChI is InChI=1S/C29H29N5O3/c1-18-4-3-5-24(31-18)19(2)32-22-6-7-26-21(15-22)14-20-8-9-30-28(29(20)37-26)25-16-23(17-27(35)33-25)34-10-12-36-13-11-34/h3-9,15-17,19,32H,10-14H2,1-2H3,(H,33,35). The Kier molecular flexibility index (Phi) is 6.10. The van der Waals surface area contributed by atoms with E-state index < -0.39 is 0 Å². The van der Waals surface area contributed by atoms with Crippen molar-refractivity contribution in [3.8, 4) is 22.9 Å². The van der Waals surface area contributed by atoms with Crippen molar-refractivity contribution in [2.45, 2.75) is 26.3 Å². The van der Waals surface area contributed by atoms with E-state index in [2.05, 4.69) is 38.2 Å². The summed E-state index contributed by atoms with van der Waals surface area (Å²) >= 11 is 0. The molecule has 1 saturated heterocycles. The Morgan fingerprint density at radius 1 is 1.05 bits per heavy atom. The minimum absolute atomic E-state index is 0.0705. The Labute approximate surface area is 215 Å². The van der Waals surface area contributed by atoms with E-state index in [1.54, 1.807) is 12.3 Å². The van der Waals surface area contributed by atoms with Gasteiger partial charge in [0.15, 0.2) is 5.75 Å². The summed E-state index contributed by atoms with van der Waals surface area (Å²) < 4.78 is 11.9. The number of hydrogen-bond acceptors (Lipinski definition) is 7. The SMILES string of the molecule is Cc1cccc(C(C)Nc2ccc3c(c2)Cc2ccnc(-c4cc(N5CCOCC5)cc(=O)[nH]4)c2O3)n1. The number of fused-ring (bicyclic) bond motifs is 2. The normalized spacial score (nSPS) is 15.4. The molecule has 8 nitrogen and oxygen atoms in total. The molecule has 6 rings (SSSR count). The van der Waals surface area contributed by atoms with Gasteiger partial charge in [-0.3, -0.25) is 14.8 Å². The molecular formula is C29H29N5O3. The van der Waals surface area contributed by atoms with Gasteiger partial charge in [-0.2, -0.15) is 0 Å². The molecule has 0 bridgehead atoms. The molecule has 1 atom stereocenters. The van der Waals surface area contributed by atoms with Crippen LogP contribution in [-0.2, 0) is 11.2 Å². The van der Waals surface area contributed by atoms with Crippen LogP contribution in [0, 0.1) is 6.92 Å². The summed E-state index contributed by atoms with van der Waals surface area (Å²) in [6.07, 6.45) is 2.48. The maximum atomic E-state index is 12.5. The van der Waals surface area contributed by atoms with Crippen molar-refractivity contribution in [1.82, 2.24) is 15.0 Å². The molecule has 3 aromatic heterocycles. The molecule has 2 aliphatic heterocycles. The van der Waals surface area contributed by atoms with Gasteiger partial charge in [-0.25, -0.2) is 0 Å². The van der Waals surface area contributed by atoms with Crippen LogP contribution >= 0.6 is 0 Å². The summed E-state index contributed by atoms with van der Waals surface area (Å²) in [6, 6.07) is 17.9. The summed E-state index contributed by atoms with van der Waals surface area (Å²) in [5.74, 6) is 1.48. The van der Waals surface area contributed by atoms with Crippen molar-refractivity contribution in [2.24, 2.45) is 0 Å². The van der Waals surface area contributed by atoms with E-state index >= 15 is 0 Å². The van der Waals surface area contributed by atoms with Crippen molar-refractivity contribution in [3.63, 3.8) is 0 Å². The quantitative estimate of drug-likeness (QED) is 0.360. The van der Waals surface area contributed by atoms with Crippen LogP contribution in [0.25, 0.3) is 11.4 Å². The monoisotopic (exact) mass is 495 g/mol. The molecule has 37 heavy (non-hydrogen) atoms. The third-order valence-electron chi connectivity index (χ3n) is 6.84. The molecule has 2 aliphatic rings. The number of hydrogen-bond donors (Lipinski definition) is 2. The Hall–Kier alpha value is -4.17. The minimum atomic E-state index is -0.164. The lowest BCUT2D eigenvalue weighted by atomic mass is 9.98. The van der Waals surface area contributed by atoms with Crippen LogP contribution in [0.2, 0.25) is 0 Å². The average molecular weight is 496 g/mol. The van der Waals surface area contributed by atoms with Gasteiger partial charge in [0, 0.05) is 60.0 Å². The van der Waals surface area contributed by atoms with Gasteiger partial charge >= 0.3 is 0 Å². The summed E-state index contributed by atoms with van der Waals surface area (Å²) in [6.45, 7) is 6.92. The second-order valence-electron chi connectivity index (χ2n) is 9.53. The lowest BCUT2D eigenvalue weighted by Crippen LogP contribution is -2.36. The number of pyridine rings is 3. The highest BCUT2D eigenvalue weighted by Gasteiger charge is 2.23. The summed E-state index contributed by atoms with van der Waals surface area (Å²) in [5.41, 5.74) is 7.12. The minimum Gasteiger partial charge on any atom is -0.454 e. The van der Waals surface area contributed by atoms with E-state index in [4.69, 9.17) is 9.47 Å². The molecule has 0 amide bonds. The van der Waals surface area contributed by atoms with Gasteiger partial charge in [-0.1, -0.05) is 6.07 Å². The molecule has 0 aliphatic carbocycles. The molecule has 1 unspecified atom stereocenters. The van der Waals surface area contributed by atoms with Crippen LogP contribution < -0.4 is 20.5 Å². The highest BCUT2D eigenvalue weighted by molar-refractivity contribution is 5.71. The van der Waals surface area contributed by atoms with Crippen LogP contribution in [0.4, 0.5) is 11.4 Å². The van der Waals surface area contributed by atoms with Crippen molar-refractivity contribution in [1.29, 1.82) is 0 Å². The second-order valence-corrected chi connectivity index (χ2v) is 9.53. The molecule has 0 saturated carbocycles. The maximum absolute atomic E-state index is 12.5. The van der Waals surface area contributed by atoms with Crippen molar-refractivity contribution in [2.75, 3.05) is 36.5 Å². The third-order valence-corrected chi connectivity index (χ3v) is 6.84. The highest BCUT2D eigenvalue weighted by Crippen LogP contribution is 2.42. The van der Waals surface area contributed by atoms with Gasteiger partial charge in [0.25, 0.3) is 5.56 Å². The lowest BCUT2D eigenvalue weighted by molar-refractivity contribution is 0.122. The number of aromatic nitrogens is 3. The van der Waals surface area contributed by atoms with E-state index in [0.717, 1.165) is 52.7 Å². The molecule has 8 heteroatoms. The average Bonchev–Trinajstić information content (AvgIpc) is 2.91. The maximum Gasteiger partial charge on any atom is 0.250 e. The zero-order valence-electron chi connectivity index (χ0n) is 21.0. The van der Waals surface area contributed by atoms with E-state index in [-0.39, 0.29) is 11.6 Å². The summed E-state index contributed by atoms with van der Waals surface area (Å²) in [7, 11) is 0. The number of rotatable bonds is 5. The molecule has 0 spiro atoms. The first kappa shape index (κ1) is 23.2. The number of aryl methyl sites for hydroxylation is 1. The van der Waals surface area contributed by atoms with Gasteiger partial charge in [0.05, 0.1) is 30.6 Å².